The van der Waals surface area contributed by atoms with Crippen molar-refractivity contribution in [2.45, 2.75) is 6.42 Å². The summed E-state index contributed by atoms with van der Waals surface area (Å²) in [6.07, 6.45) is 6.45. The van der Waals surface area contributed by atoms with E-state index >= 15 is 0 Å². The van der Waals surface area contributed by atoms with Crippen LogP contribution in [0, 0.1) is 0 Å². The molecule has 98 valence electrons. The van der Waals surface area contributed by atoms with Crippen LogP contribution in [0.25, 0.3) is 5.65 Å². The highest BCUT2D eigenvalue weighted by Gasteiger charge is 2.06. The molecule has 0 aliphatic rings. The Balaban J connectivity index is 1.73. The fraction of sp³-hybridized carbons (Fsp3) is 0.167. The van der Waals surface area contributed by atoms with Crippen molar-refractivity contribution >= 4 is 50.3 Å². The molecule has 0 amide bonds. The maximum absolute atomic E-state index is 5.91. The van der Waals surface area contributed by atoms with Crippen molar-refractivity contribution in [1.29, 1.82) is 0 Å². The molecule has 4 nitrogen and oxygen atoms in total. The minimum Gasteiger partial charge on any atom is -0.367 e. The molecule has 0 saturated carbocycles. The number of aromatic nitrogens is 3. The number of rotatable bonds is 4. The van der Waals surface area contributed by atoms with Gasteiger partial charge in [-0.05, 0) is 34.5 Å². The molecular weight excluding hydrogens is 348 g/mol. The van der Waals surface area contributed by atoms with E-state index in [1.54, 1.807) is 17.5 Å². The van der Waals surface area contributed by atoms with Gasteiger partial charge in [-0.3, -0.25) is 0 Å². The molecule has 3 aromatic heterocycles. The Kier molecular flexibility index (Phi) is 3.72. The Morgan fingerprint density at radius 3 is 3.11 bits per heavy atom. The number of anilines is 1. The van der Waals surface area contributed by atoms with E-state index in [4.69, 9.17) is 11.6 Å². The summed E-state index contributed by atoms with van der Waals surface area (Å²) in [5.41, 5.74) is 0.826. The van der Waals surface area contributed by atoms with Crippen molar-refractivity contribution in [2.24, 2.45) is 0 Å². The topological polar surface area (TPSA) is 42.2 Å². The lowest BCUT2D eigenvalue weighted by atomic mass is 10.3. The van der Waals surface area contributed by atoms with Crippen LogP contribution in [0.4, 0.5) is 5.82 Å². The fourth-order valence-electron chi connectivity index (χ4n) is 1.81. The van der Waals surface area contributed by atoms with Crippen LogP contribution in [-0.4, -0.2) is 20.9 Å². The molecule has 1 N–H and O–H groups in total. The van der Waals surface area contributed by atoms with Gasteiger partial charge in [0.2, 0.25) is 0 Å². The first kappa shape index (κ1) is 12.9. The molecule has 0 radical (unpaired) electrons. The van der Waals surface area contributed by atoms with Gasteiger partial charge in [0.15, 0.2) is 11.5 Å². The number of halogens is 2. The minimum absolute atomic E-state index is 0.777. The van der Waals surface area contributed by atoms with Crippen LogP contribution in [0.1, 0.15) is 4.88 Å². The molecule has 7 heteroatoms. The summed E-state index contributed by atoms with van der Waals surface area (Å²) < 4.78 is 3.53. The van der Waals surface area contributed by atoms with E-state index in [9.17, 15) is 0 Å². The SMILES string of the molecule is Clc1ccc(CCNc2nc(Br)cn3ccnc23)s1. The molecule has 0 bridgehead atoms. The monoisotopic (exact) mass is 356 g/mol. The van der Waals surface area contributed by atoms with Gasteiger partial charge in [-0.15, -0.1) is 11.3 Å². The van der Waals surface area contributed by atoms with E-state index in [-0.39, 0.29) is 0 Å². The summed E-state index contributed by atoms with van der Waals surface area (Å²) in [7, 11) is 0. The minimum atomic E-state index is 0.777. The normalized spacial score (nSPS) is 11.1. The van der Waals surface area contributed by atoms with Gasteiger partial charge in [0.05, 0.1) is 4.34 Å². The van der Waals surface area contributed by atoms with Crippen LogP contribution in [0.3, 0.4) is 0 Å². The molecule has 3 heterocycles. The van der Waals surface area contributed by atoms with E-state index in [2.05, 4.69) is 31.2 Å². The number of imidazole rings is 1. The lowest BCUT2D eigenvalue weighted by Gasteiger charge is -2.06. The van der Waals surface area contributed by atoms with Crippen molar-refractivity contribution in [2.75, 3.05) is 11.9 Å². The standard InChI is InChI=1S/C12H10BrClN4S/c13-9-7-18-6-5-16-12(18)11(17-9)15-4-3-8-1-2-10(14)19-8/h1-2,5-7H,3-4H2,(H,15,17). The zero-order valence-electron chi connectivity index (χ0n) is 9.81. The van der Waals surface area contributed by atoms with Crippen LogP contribution < -0.4 is 5.32 Å². The third-order valence-electron chi connectivity index (χ3n) is 2.64. The van der Waals surface area contributed by atoms with E-state index < -0.39 is 0 Å². The summed E-state index contributed by atoms with van der Waals surface area (Å²) in [6.45, 7) is 0.794. The van der Waals surface area contributed by atoms with Crippen LogP contribution in [0.5, 0.6) is 0 Å². The van der Waals surface area contributed by atoms with Gasteiger partial charge in [-0.1, -0.05) is 11.6 Å². The second-order valence-corrected chi connectivity index (χ2v) is 6.57. The molecule has 0 aliphatic heterocycles. The van der Waals surface area contributed by atoms with Gasteiger partial charge in [-0.25, -0.2) is 9.97 Å². The zero-order valence-corrected chi connectivity index (χ0v) is 13.0. The smallest absolute Gasteiger partial charge is 0.180 e. The number of thiophene rings is 1. The van der Waals surface area contributed by atoms with Crippen LogP contribution in [0.2, 0.25) is 4.34 Å². The average Bonchev–Trinajstić information content (AvgIpc) is 2.98. The van der Waals surface area contributed by atoms with Gasteiger partial charge in [0, 0.05) is 30.0 Å². The molecule has 0 spiro atoms. The molecule has 0 aromatic carbocycles. The van der Waals surface area contributed by atoms with Gasteiger partial charge in [0.1, 0.15) is 4.60 Å². The molecule has 0 atom stereocenters. The summed E-state index contributed by atoms with van der Waals surface area (Å²) in [4.78, 5) is 9.95. The number of fused-ring (bicyclic) bond motifs is 1. The lowest BCUT2D eigenvalue weighted by Crippen LogP contribution is -2.07. The zero-order chi connectivity index (χ0) is 13.2. The van der Waals surface area contributed by atoms with E-state index in [0.717, 1.165) is 33.4 Å². The van der Waals surface area contributed by atoms with Crippen LogP contribution >= 0.6 is 38.9 Å². The first-order valence-electron chi connectivity index (χ1n) is 5.70. The van der Waals surface area contributed by atoms with Crippen LogP contribution in [-0.2, 0) is 6.42 Å². The Hall–Kier alpha value is -1.11. The second kappa shape index (κ2) is 5.48. The molecule has 0 aliphatic carbocycles. The third kappa shape index (κ3) is 2.91. The largest absolute Gasteiger partial charge is 0.367 e. The van der Waals surface area contributed by atoms with Gasteiger partial charge >= 0.3 is 0 Å². The highest BCUT2D eigenvalue weighted by molar-refractivity contribution is 9.10. The summed E-state index contributed by atoms with van der Waals surface area (Å²) in [6, 6.07) is 3.97. The lowest BCUT2D eigenvalue weighted by molar-refractivity contribution is 1.01. The number of nitrogens with zero attached hydrogens (tertiary/aromatic N) is 3. The highest BCUT2D eigenvalue weighted by atomic mass is 79.9. The van der Waals surface area contributed by atoms with Gasteiger partial charge in [-0.2, -0.15) is 0 Å². The predicted octanol–water partition coefficient (Wildman–Crippen LogP) is 3.86. The second-order valence-electron chi connectivity index (χ2n) is 3.95. The van der Waals surface area contributed by atoms with Crippen molar-refractivity contribution < 1.29 is 0 Å². The maximum Gasteiger partial charge on any atom is 0.180 e. The Morgan fingerprint density at radius 1 is 1.42 bits per heavy atom. The first-order valence-corrected chi connectivity index (χ1v) is 7.68. The summed E-state index contributed by atoms with van der Waals surface area (Å²) in [5, 5.41) is 3.31. The van der Waals surface area contributed by atoms with Crippen molar-refractivity contribution in [3.05, 3.63) is 44.5 Å². The van der Waals surface area contributed by atoms with E-state index in [1.165, 1.54) is 4.88 Å². The average molecular weight is 358 g/mol. The molecule has 3 aromatic rings. The Labute approximate surface area is 127 Å². The fourth-order valence-corrected chi connectivity index (χ4v) is 3.29. The maximum atomic E-state index is 5.91. The van der Waals surface area contributed by atoms with E-state index in [1.807, 2.05) is 28.9 Å². The van der Waals surface area contributed by atoms with Crippen molar-refractivity contribution in [1.82, 2.24) is 14.4 Å². The van der Waals surface area contributed by atoms with Gasteiger partial charge in [0.25, 0.3) is 0 Å². The molecule has 3 rings (SSSR count). The molecule has 0 unspecified atom stereocenters. The molecule has 0 saturated heterocycles. The highest BCUT2D eigenvalue weighted by Crippen LogP contribution is 2.22. The van der Waals surface area contributed by atoms with Crippen molar-refractivity contribution in [3.8, 4) is 0 Å². The molecule has 0 fully saturated rings. The summed E-state index contributed by atoms with van der Waals surface area (Å²) in [5.74, 6) is 0.780. The third-order valence-corrected chi connectivity index (χ3v) is 4.31. The Morgan fingerprint density at radius 2 is 2.32 bits per heavy atom. The van der Waals surface area contributed by atoms with E-state index in [0.29, 0.717) is 0 Å². The van der Waals surface area contributed by atoms with Gasteiger partial charge < -0.3 is 9.72 Å². The Bertz CT molecular complexity index is 709. The number of nitrogens with one attached hydrogen (secondary N) is 1. The predicted molar refractivity (Wildman–Crippen MR) is 82.2 cm³/mol. The van der Waals surface area contributed by atoms with Crippen molar-refractivity contribution in [3.63, 3.8) is 0 Å². The number of hydrogen-bond donors (Lipinski definition) is 1. The molecular formula is C12H10BrClN4S. The number of hydrogen-bond acceptors (Lipinski definition) is 4. The summed E-state index contributed by atoms with van der Waals surface area (Å²) >= 11 is 10.9. The molecule has 19 heavy (non-hydrogen) atoms. The first-order chi connectivity index (χ1) is 9.22. The van der Waals surface area contributed by atoms with Crippen LogP contribution in [0.15, 0.2) is 35.3 Å². The quantitative estimate of drug-likeness (QED) is 0.771.